The van der Waals surface area contributed by atoms with Crippen LogP contribution < -0.4 is 5.32 Å². The van der Waals surface area contributed by atoms with Gasteiger partial charge in [0.25, 0.3) is 0 Å². The summed E-state index contributed by atoms with van der Waals surface area (Å²) in [6.07, 6.45) is 1.77. The van der Waals surface area contributed by atoms with Crippen LogP contribution in [0.5, 0.6) is 0 Å². The fourth-order valence-electron chi connectivity index (χ4n) is 2.31. The van der Waals surface area contributed by atoms with E-state index in [-0.39, 0.29) is 6.03 Å². The number of hydrogen-bond donors (Lipinski definition) is 1. The number of hydrogen-bond acceptors (Lipinski definition) is 3. The molecular formula is C16H23N5O. The molecule has 6 heteroatoms. The Balaban J connectivity index is 2.01. The number of amides is 2. The Morgan fingerprint density at radius 1 is 1.27 bits per heavy atom. The zero-order chi connectivity index (χ0) is 16.1. The van der Waals surface area contributed by atoms with Crippen LogP contribution in [0.3, 0.4) is 0 Å². The number of nitrogens with zero attached hydrogens (tertiary/aromatic N) is 4. The van der Waals surface area contributed by atoms with Gasteiger partial charge in [-0.2, -0.15) is 5.10 Å². The number of aromatic nitrogens is 3. The van der Waals surface area contributed by atoms with Gasteiger partial charge in [-0.25, -0.2) is 14.5 Å². The van der Waals surface area contributed by atoms with E-state index in [0.29, 0.717) is 19.6 Å². The van der Waals surface area contributed by atoms with Crippen molar-refractivity contribution in [2.75, 3.05) is 13.1 Å². The van der Waals surface area contributed by atoms with Crippen molar-refractivity contribution in [1.82, 2.24) is 25.0 Å². The van der Waals surface area contributed by atoms with Crippen LogP contribution in [-0.4, -0.2) is 38.8 Å². The van der Waals surface area contributed by atoms with Crippen molar-refractivity contribution in [3.05, 3.63) is 41.3 Å². The molecule has 1 N–H and O–H groups in total. The fourth-order valence-corrected chi connectivity index (χ4v) is 2.31. The van der Waals surface area contributed by atoms with Gasteiger partial charge in [0.1, 0.15) is 0 Å². The molecule has 0 atom stereocenters. The van der Waals surface area contributed by atoms with E-state index in [9.17, 15) is 4.79 Å². The van der Waals surface area contributed by atoms with Crippen LogP contribution in [0.4, 0.5) is 4.79 Å². The van der Waals surface area contributed by atoms with Gasteiger partial charge >= 0.3 is 6.03 Å². The smallest absolute Gasteiger partial charge is 0.317 e. The lowest BCUT2D eigenvalue weighted by molar-refractivity contribution is 0.203. The van der Waals surface area contributed by atoms with E-state index in [1.165, 1.54) is 0 Å². The maximum Gasteiger partial charge on any atom is 0.317 e. The summed E-state index contributed by atoms with van der Waals surface area (Å²) in [6.45, 7) is 9.77. The molecule has 2 aromatic rings. The quantitative estimate of drug-likeness (QED) is 0.922. The Morgan fingerprint density at radius 3 is 2.50 bits per heavy atom. The van der Waals surface area contributed by atoms with Crippen molar-refractivity contribution in [3.8, 4) is 5.82 Å². The van der Waals surface area contributed by atoms with Gasteiger partial charge in [0, 0.05) is 31.5 Å². The van der Waals surface area contributed by atoms with E-state index < -0.39 is 0 Å². The van der Waals surface area contributed by atoms with Gasteiger partial charge < -0.3 is 10.2 Å². The Labute approximate surface area is 131 Å². The second kappa shape index (κ2) is 7.06. The van der Waals surface area contributed by atoms with Crippen LogP contribution in [0.15, 0.2) is 24.4 Å². The van der Waals surface area contributed by atoms with Crippen molar-refractivity contribution in [1.29, 1.82) is 0 Å². The topological polar surface area (TPSA) is 63.1 Å². The first-order valence-electron chi connectivity index (χ1n) is 7.56. The standard InChI is InChI=1S/C16H23N5O/c1-5-20(6-2)16(22)18-11-14-7-8-15(17-10-14)21-13(4)9-12(3)19-21/h7-10H,5-6,11H2,1-4H3,(H,18,22). The number of nitrogens with one attached hydrogen (secondary N) is 1. The van der Waals surface area contributed by atoms with Gasteiger partial charge in [-0.15, -0.1) is 0 Å². The highest BCUT2D eigenvalue weighted by Crippen LogP contribution is 2.10. The van der Waals surface area contributed by atoms with Crippen molar-refractivity contribution in [3.63, 3.8) is 0 Å². The summed E-state index contributed by atoms with van der Waals surface area (Å²) in [4.78, 5) is 18.1. The third-order valence-corrected chi connectivity index (χ3v) is 3.53. The minimum absolute atomic E-state index is 0.0485. The van der Waals surface area contributed by atoms with Gasteiger partial charge in [0.2, 0.25) is 0 Å². The molecule has 2 amide bonds. The average Bonchev–Trinajstić information content (AvgIpc) is 2.85. The molecule has 0 fully saturated rings. The maximum absolute atomic E-state index is 11.9. The minimum atomic E-state index is -0.0485. The van der Waals surface area contributed by atoms with Crippen molar-refractivity contribution >= 4 is 6.03 Å². The number of carbonyl (C=O) groups is 1. The zero-order valence-corrected chi connectivity index (χ0v) is 13.6. The van der Waals surface area contributed by atoms with Crippen LogP contribution in [0, 0.1) is 13.8 Å². The Morgan fingerprint density at radius 2 is 2.00 bits per heavy atom. The molecular weight excluding hydrogens is 278 g/mol. The molecule has 0 aromatic carbocycles. The summed E-state index contributed by atoms with van der Waals surface area (Å²) >= 11 is 0. The second-order valence-electron chi connectivity index (χ2n) is 5.19. The largest absolute Gasteiger partial charge is 0.334 e. The molecule has 0 saturated carbocycles. The fraction of sp³-hybridized carbons (Fsp3) is 0.438. The summed E-state index contributed by atoms with van der Waals surface area (Å²) in [5.41, 5.74) is 2.98. The third kappa shape index (κ3) is 3.63. The minimum Gasteiger partial charge on any atom is -0.334 e. The molecule has 2 aromatic heterocycles. The van der Waals surface area contributed by atoms with Crippen LogP contribution in [0.25, 0.3) is 5.82 Å². The molecule has 0 aliphatic carbocycles. The maximum atomic E-state index is 11.9. The molecule has 0 saturated heterocycles. The number of rotatable bonds is 5. The number of carbonyl (C=O) groups excluding carboxylic acids is 1. The third-order valence-electron chi connectivity index (χ3n) is 3.53. The molecule has 0 spiro atoms. The molecule has 6 nitrogen and oxygen atoms in total. The Kier molecular flexibility index (Phi) is 5.14. The van der Waals surface area contributed by atoms with Gasteiger partial charge in [0.05, 0.1) is 5.69 Å². The van der Waals surface area contributed by atoms with E-state index in [0.717, 1.165) is 22.8 Å². The van der Waals surface area contributed by atoms with E-state index in [1.54, 1.807) is 11.1 Å². The van der Waals surface area contributed by atoms with Crippen LogP contribution in [-0.2, 0) is 6.54 Å². The molecule has 0 unspecified atom stereocenters. The van der Waals surface area contributed by atoms with E-state index >= 15 is 0 Å². The summed E-state index contributed by atoms with van der Waals surface area (Å²) in [6, 6.07) is 5.84. The van der Waals surface area contributed by atoms with E-state index in [2.05, 4.69) is 15.4 Å². The SMILES string of the molecule is CCN(CC)C(=O)NCc1ccc(-n2nc(C)cc2C)nc1. The Bertz CT molecular complexity index is 628. The summed E-state index contributed by atoms with van der Waals surface area (Å²) < 4.78 is 1.81. The monoisotopic (exact) mass is 301 g/mol. The van der Waals surface area contributed by atoms with Crippen molar-refractivity contribution in [2.45, 2.75) is 34.2 Å². The molecule has 118 valence electrons. The highest BCUT2D eigenvalue weighted by Gasteiger charge is 2.09. The lowest BCUT2D eigenvalue weighted by Crippen LogP contribution is -2.39. The average molecular weight is 301 g/mol. The molecule has 0 bridgehead atoms. The van der Waals surface area contributed by atoms with Crippen LogP contribution in [0.2, 0.25) is 0 Å². The number of pyridine rings is 1. The Hall–Kier alpha value is -2.37. The summed E-state index contributed by atoms with van der Waals surface area (Å²) in [7, 11) is 0. The van der Waals surface area contributed by atoms with Gasteiger partial charge in [0.15, 0.2) is 5.82 Å². The first-order chi connectivity index (χ1) is 10.5. The molecule has 0 radical (unpaired) electrons. The highest BCUT2D eigenvalue weighted by atomic mass is 16.2. The molecule has 2 heterocycles. The lowest BCUT2D eigenvalue weighted by atomic mass is 10.3. The number of aryl methyl sites for hydroxylation is 2. The summed E-state index contributed by atoms with van der Waals surface area (Å²) in [5, 5.41) is 7.31. The molecule has 2 rings (SSSR count). The van der Waals surface area contributed by atoms with Crippen molar-refractivity contribution in [2.24, 2.45) is 0 Å². The van der Waals surface area contributed by atoms with Gasteiger partial charge in [-0.05, 0) is 45.4 Å². The molecule has 22 heavy (non-hydrogen) atoms. The molecule has 0 aliphatic heterocycles. The first-order valence-corrected chi connectivity index (χ1v) is 7.56. The predicted octanol–water partition coefficient (Wildman–Crippen LogP) is 2.44. The zero-order valence-electron chi connectivity index (χ0n) is 13.6. The number of urea groups is 1. The van der Waals surface area contributed by atoms with Gasteiger partial charge in [-0.1, -0.05) is 6.07 Å². The van der Waals surface area contributed by atoms with E-state index in [1.807, 2.05) is 50.6 Å². The normalized spacial score (nSPS) is 10.5. The second-order valence-corrected chi connectivity index (χ2v) is 5.19. The van der Waals surface area contributed by atoms with Gasteiger partial charge in [-0.3, -0.25) is 0 Å². The van der Waals surface area contributed by atoms with Crippen LogP contribution in [0.1, 0.15) is 30.8 Å². The lowest BCUT2D eigenvalue weighted by Gasteiger charge is -2.19. The van der Waals surface area contributed by atoms with E-state index in [4.69, 9.17) is 0 Å². The predicted molar refractivity (Wildman–Crippen MR) is 86.0 cm³/mol. The van der Waals surface area contributed by atoms with Crippen molar-refractivity contribution < 1.29 is 4.79 Å². The molecule has 0 aliphatic rings. The summed E-state index contributed by atoms with van der Waals surface area (Å²) in [5.74, 6) is 0.782. The highest BCUT2D eigenvalue weighted by molar-refractivity contribution is 5.74. The van der Waals surface area contributed by atoms with Crippen LogP contribution >= 0.6 is 0 Å². The first kappa shape index (κ1) is 16.0.